The number of rotatable bonds is 7. The Morgan fingerprint density at radius 3 is 2.53 bits per heavy atom. The van der Waals surface area contributed by atoms with Crippen LogP contribution in [0.5, 0.6) is 5.75 Å². The van der Waals surface area contributed by atoms with Crippen molar-refractivity contribution in [3.63, 3.8) is 0 Å². The van der Waals surface area contributed by atoms with E-state index in [1.54, 1.807) is 0 Å². The van der Waals surface area contributed by atoms with Crippen LogP contribution < -0.4 is 15.4 Å². The van der Waals surface area contributed by atoms with Crippen LogP contribution >= 0.6 is 0 Å². The molecule has 0 heterocycles. The Kier molecular flexibility index (Phi) is 5.67. The average Bonchev–Trinajstić information content (AvgIpc) is 2.31. The van der Waals surface area contributed by atoms with Gasteiger partial charge in [0.05, 0.1) is 6.61 Å². The molecule has 1 aromatic carbocycles. The van der Waals surface area contributed by atoms with Gasteiger partial charge in [-0.05, 0) is 56.0 Å². The number of aryl methyl sites for hydroxylation is 1. The quantitative estimate of drug-likeness (QED) is 0.822. The summed E-state index contributed by atoms with van der Waals surface area (Å²) in [7, 11) is 2.13. The van der Waals surface area contributed by atoms with E-state index >= 15 is 0 Å². The Morgan fingerprint density at radius 2 is 2.00 bits per heavy atom. The van der Waals surface area contributed by atoms with E-state index in [2.05, 4.69) is 50.9 Å². The molecule has 19 heavy (non-hydrogen) atoms. The van der Waals surface area contributed by atoms with Crippen molar-refractivity contribution in [1.29, 1.82) is 0 Å². The standard InChI is InChI=1S/C16H28N2O/c1-6-19-15-8-7-14(11-13(15)2)18(5)12-16(3,4)9-10-17/h7-8,11H,6,9-10,12,17H2,1-5H3. The summed E-state index contributed by atoms with van der Waals surface area (Å²) in [6.45, 7) is 11.1. The number of benzene rings is 1. The zero-order valence-corrected chi connectivity index (χ0v) is 13.0. The Hall–Kier alpha value is -1.22. The highest BCUT2D eigenvalue weighted by Crippen LogP contribution is 2.27. The molecule has 0 atom stereocenters. The van der Waals surface area contributed by atoms with E-state index in [9.17, 15) is 0 Å². The van der Waals surface area contributed by atoms with Crippen molar-refractivity contribution in [2.75, 3.05) is 31.6 Å². The summed E-state index contributed by atoms with van der Waals surface area (Å²) in [5.74, 6) is 0.973. The van der Waals surface area contributed by atoms with Crippen LogP contribution in [-0.2, 0) is 0 Å². The maximum atomic E-state index is 5.67. The summed E-state index contributed by atoms with van der Waals surface area (Å²) in [5, 5.41) is 0. The predicted molar refractivity (Wildman–Crippen MR) is 83.1 cm³/mol. The van der Waals surface area contributed by atoms with Gasteiger partial charge in [0.25, 0.3) is 0 Å². The van der Waals surface area contributed by atoms with Crippen LogP contribution in [0.4, 0.5) is 5.69 Å². The molecule has 0 saturated carbocycles. The fourth-order valence-electron chi connectivity index (χ4n) is 2.39. The number of nitrogens with two attached hydrogens (primary N) is 1. The minimum atomic E-state index is 0.232. The van der Waals surface area contributed by atoms with Crippen LogP contribution in [0.25, 0.3) is 0 Å². The first-order valence-electron chi connectivity index (χ1n) is 7.04. The van der Waals surface area contributed by atoms with Crippen molar-refractivity contribution in [2.45, 2.75) is 34.1 Å². The zero-order chi connectivity index (χ0) is 14.5. The van der Waals surface area contributed by atoms with Crippen molar-refractivity contribution in [2.24, 2.45) is 11.1 Å². The Balaban J connectivity index is 2.77. The second-order valence-corrected chi connectivity index (χ2v) is 5.94. The van der Waals surface area contributed by atoms with Gasteiger partial charge in [-0.3, -0.25) is 0 Å². The van der Waals surface area contributed by atoms with Gasteiger partial charge in [0.15, 0.2) is 0 Å². The molecule has 2 N–H and O–H groups in total. The normalized spacial score (nSPS) is 11.5. The molecule has 0 saturated heterocycles. The van der Waals surface area contributed by atoms with E-state index in [-0.39, 0.29) is 5.41 Å². The minimum absolute atomic E-state index is 0.232. The molecule has 3 nitrogen and oxygen atoms in total. The smallest absolute Gasteiger partial charge is 0.122 e. The molecular weight excluding hydrogens is 236 g/mol. The fraction of sp³-hybridized carbons (Fsp3) is 0.625. The third-order valence-corrected chi connectivity index (χ3v) is 3.39. The minimum Gasteiger partial charge on any atom is -0.494 e. The van der Waals surface area contributed by atoms with Crippen LogP contribution in [0.15, 0.2) is 18.2 Å². The lowest BCUT2D eigenvalue weighted by molar-refractivity contribution is 0.337. The molecule has 0 aliphatic heterocycles. The van der Waals surface area contributed by atoms with Crippen molar-refractivity contribution >= 4 is 5.69 Å². The van der Waals surface area contributed by atoms with Crippen molar-refractivity contribution < 1.29 is 4.74 Å². The predicted octanol–water partition coefficient (Wildman–Crippen LogP) is 3.20. The monoisotopic (exact) mass is 264 g/mol. The molecule has 0 aliphatic rings. The van der Waals surface area contributed by atoms with Gasteiger partial charge in [-0.15, -0.1) is 0 Å². The van der Waals surface area contributed by atoms with Crippen molar-refractivity contribution in [3.05, 3.63) is 23.8 Å². The largest absolute Gasteiger partial charge is 0.494 e. The highest BCUT2D eigenvalue weighted by atomic mass is 16.5. The third-order valence-electron chi connectivity index (χ3n) is 3.39. The Bertz CT molecular complexity index is 402. The topological polar surface area (TPSA) is 38.5 Å². The number of ether oxygens (including phenoxy) is 1. The van der Waals surface area contributed by atoms with Crippen LogP contribution in [0, 0.1) is 12.3 Å². The summed E-state index contributed by atoms with van der Waals surface area (Å²) in [6, 6.07) is 6.36. The molecule has 0 spiro atoms. The maximum Gasteiger partial charge on any atom is 0.122 e. The molecule has 1 rings (SSSR count). The highest BCUT2D eigenvalue weighted by Gasteiger charge is 2.19. The molecule has 0 aliphatic carbocycles. The Morgan fingerprint density at radius 1 is 1.32 bits per heavy atom. The molecule has 0 radical (unpaired) electrons. The van der Waals surface area contributed by atoms with Gasteiger partial charge < -0.3 is 15.4 Å². The average molecular weight is 264 g/mol. The van der Waals surface area contributed by atoms with E-state index in [1.165, 1.54) is 11.3 Å². The molecule has 108 valence electrons. The summed E-state index contributed by atoms with van der Waals surface area (Å²) >= 11 is 0. The molecule has 3 heteroatoms. The lowest BCUT2D eigenvalue weighted by atomic mass is 9.88. The van der Waals surface area contributed by atoms with E-state index in [4.69, 9.17) is 10.5 Å². The van der Waals surface area contributed by atoms with Crippen LogP contribution in [0.3, 0.4) is 0 Å². The summed E-state index contributed by atoms with van der Waals surface area (Å²) in [5.41, 5.74) is 8.31. The van der Waals surface area contributed by atoms with Crippen LogP contribution in [0.1, 0.15) is 32.8 Å². The number of hydrogen-bond donors (Lipinski definition) is 1. The zero-order valence-electron chi connectivity index (χ0n) is 13.0. The van der Waals surface area contributed by atoms with E-state index < -0.39 is 0 Å². The first-order valence-corrected chi connectivity index (χ1v) is 7.04. The second kappa shape index (κ2) is 6.80. The first kappa shape index (κ1) is 15.8. The molecule has 1 aromatic rings. The van der Waals surface area contributed by atoms with Crippen molar-refractivity contribution in [3.8, 4) is 5.75 Å². The summed E-state index contributed by atoms with van der Waals surface area (Å²) < 4.78 is 5.58. The first-order chi connectivity index (χ1) is 8.89. The van der Waals surface area contributed by atoms with Gasteiger partial charge in [0.2, 0.25) is 0 Å². The molecule has 0 unspecified atom stereocenters. The molecule has 0 fully saturated rings. The van der Waals surface area contributed by atoms with E-state index in [0.717, 1.165) is 25.3 Å². The van der Waals surface area contributed by atoms with Gasteiger partial charge >= 0.3 is 0 Å². The van der Waals surface area contributed by atoms with Crippen LogP contribution in [0.2, 0.25) is 0 Å². The van der Waals surface area contributed by atoms with Gasteiger partial charge in [0.1, 0.15) is 5.75 Å². The maximum absolute atomic E-state index is 5.67. The molecular formula is C16H28N2O. The van der Waals surface area contributed by atoms with Crippen molar-refractivity contribution in [1.82, 2.24) is 0 Å². The molecule has 0 amide bonds. The van der Waals surface area contributed by atoms with Gasteiger partial charge in [-0.25, -0.2) is 0 Å². The molecule has 0 aromatic heterocycles. The Labute approximate surface area is 117 Å². The van der Waals surface area contributed by atoms with Crippen LogP contribution in [-0.4, -0.2) is 26.7 Å². The lowest BCUT2D eigenvalue weighted by Gasteiger charge is -2.31. The highest BCUT2D eigenvalue weighted by molar-refractivity contribution is 5.52. The number of anilines is 1. The number of nitrogens with zero attached hydrogens (tertiary/aromatic N) is 1. The third kappa shape index (κ3) is 4.75. The van der Waals surface area contributed by atoms with E-state index in [0.29, 0.717) is 6.61 Å². The molecule has 0 bridgehead atoms. The summed E-state index contributed by atoms with van der Waals surface area (Å²) in [4.78, 5) is 2.29. The fourth-order valence-corrected chi connectivity index (χ4v) is 2.39. The number of hydrogen-bond acceptors (Lipinski definition) is 3. The SMILES string of the molecule is CCOc1ccc(N(C)CC(C)(C)CCN)cc1C. The lowest BCUT2D eigenvalue weighted by Crippen LogP contribution is -2.33. The van der Waals surface area contributed by atoms with Gasteiger partial charge in [-0.2, -0.15) is 0 Å². The summed E-state index contributed by atoms with van der Waals surface area (Å²) in [6.07, 6.45) is 1.04. The second-order valence-electron chi connectivity index (χ2n) is 5.94. The van der Waals surface area contributed by atoms with Gasteiger partial charge in [0, 0.05) is 19.3 Å². The van der Waals surface area contributed by atoms with E-state index in [1.807, 2.05) is 6.92 Å². The van der Waals surface area contributed by atoms with Gasteiger partial charge in [-0.1, -0.05) is 13.8 Å².